The van der Waals surface area contributed by atoms with Crippen LogP contribution in [0, 0.1) is 0 Å². The van der Waals surface area contributed by atoms with Crippen LogP contribution >= 0.6 is 12.2 Å². The van der Waals surface area contributed by atoms with E-state index in [0.29, 0.717) is 18.1 Å². The summed E-state index contributed by atoms with van der Waals surface area (Å²) in [5.74, 6) is 0. The van der Waals surface area contributed by atoms with Crippen LogP contribution in [-0.4, -0.2) is 21.2 Å². The summed E-state index contributed by atoms with van der Waals surface area (Å²) in [7, 11) is 0. The summed E-state index contributed by atoms with van der Waals surface area (Å²) in [6.07, 6.45) is 4.50. The molecule has 3 nitrogen and oxygen atoms in total. The number of rotatable bonds is 7. The number of thiocarbonyl (C=S) groups is 1. The topological polar surface area (TPSA) is 27.1 Å². The van der Waals surface area contributed by atoms with Gasteiger partial charge in [-0.2, -0.15) is 0 Å². The first kappa shape index (κ1) is 20.0. The first-order valence-corrected chi connectivity index (χ1v) is 10.5. The highest BCUT2D eigenvalue weighted by Gasteiger charge is 2.38. The van der Waals surface area contributed by atoms with Gasteiger partial charge >= 0.3 is 0 Å². The number of imidazole rings is 1. The Labute approximate surface area is 183 Å². The fourth-order valence-corrected chi connectivity index (χ4v) is 4.25. The molecule has 0 spiro atoms. The maximum absolute atomic E-state index is 5.48. The van der Waals surface area contributed by atoms with Gasteiger partial charge in [-0.3, -0.25) is 0 Å². The van der Waals surface area contributed by atoms with E-state index >= 15 is 0 Å². The van der Waals surface area contributed by atoms with Crippen molar-refractivity contribution in [3.05, 3.63) is 126 Å². The number of nitrogens with zero attached hydrogens (tertiary/aromatic N) is 2. The molecule has 0 unspecified atom stereocenters. The maximum Gasteiger partial charge on any atom is 0.165 e. The van der Waals surface area contributed by atoms with Crippen LogP contribution in [0.25, 0.3) is 0 Å². The minimum absolute atomic E-state index is 0.518. The highest BCUT2D eigenvalue weighted by atomic mass is 32.1. The summed E-state index contributed by atoms with van der Waals surface area (Å²) < 4.78 is 7.67. The molecule has 4 aromatic rings. The molecule has 4 rings (SSSR count). The molecule has 0 saturated carbocycles. The maximum atomic E-state index is 5.48. The quantitative estimate of drug-likeness (QED) is 0.291. The van der Waals surface area contributed by atoms with Crippen molar-refractivity contribution in [2.24, 2.45) is 0 Å². The number of ether oxygens (including phenoxy) is 1. The zero-order valence-corrected chi connectivity index (χ0v) is 17.8. The molecular formula is C26H24N2OS. The van der Waals surface area contributed by atoms with Crippen LogP contribution in [0.5, 0.6) is 0 Å². The van der Waals surface area contributed by atoms with E-state index in [2.05, 4.69) is 88.5 Å². The van der Waals surface area contributed by atoms with Crippen molar-refractivity contribution in [2.45, 2.75) is 18.9 Å². The van der Waals surface area contributed by atoms with E-state index in [0.717, 1.165) is 5.69 Å². The summed E-state index contributed by atoms with van der Waals surface area (Å²) in [5.41, 5.74) is 3.83. The van der Waals surface area contributed by atoms with Gasteiger partial charge in [0.2, 0.25) is 0 Å². The van der Waals surface area contributed by atoms with E-state index in [1.807, 2.05) is 31.5 Å². The second kappa shape index (κ2) is 9.06. The fraction of sp³-hybridized carbons (Fsp3) is 0.154. The second-order valence-corrected chi connectivity index (χ2v) is 7.52. The first-order chi connectivity index (χ1) is 14.7. The number of benzene rings is 3. The molecule has 3 aromatic carbocycles. The third-order valence-electron chi connectivity index (χ3n) is 5.23. The summed E-state index contributed by atoms with van der Waals surface area (Å²) in [4.78, 5) is 4.68. The second-order valence-electron chi connectivity index (χ2n) is 7.06. The summed E-state index contributed by atoms with van der Waals surface area (Å²) in [6, 6.07) is 31.7. The average molecular weight is 413 g/mol. The summed E-state index contributed by atoms with van der Waals surface area (Å²) in [6.45, 7) is 2.51. The van der Waals surface area contributed by atoms with Crippen molar-refractivity contribution in [1.29, 1.82) is 0 Å². The van der Waals surface area contributed by atoms with Crippen LogP contribution in [0.15, 0.2) is 104 Å². The van der Waals surface area contributed by atoms with Crippen molar-refractivity contribution in [3.63, 3.8) is 0 Å². The number of aromatic nitrogens is 2. The molecule has 0 fully saturated rings. The minimum atomic E-state index is -0.553. The summed E-state index contributed by atoms with van der Waals surface area (Å²) >= 11 is 5.35. The molecule has 0 aliphatic carbocycles. The smallest absolute Gasteiger partial charge is 0.165 e. The Morgan fingerprint density at radius 3 is 1.73 bits per heavy atom. The predicted molar refractivity (Wildman–Crippen MR) is 125 cm³/mol. The normalized spacial score (nSPS) is 11.2. The number of hydrogen-bond acceptors (Lipinski definition) is 3. The Kier molecular flexibility index (Phi) is 6.05. The largest absolute Gasteiger partial charge is 0.487 e. The molecule has 150 valence electrons. The van der Waals surface area contributed by atoms with Crippen molar-refractivity contribution in [3.8, 4) is 0 Å². The van der Waals surface area contributed by atoms with E-state index < -0.39 is 5.54 Å². The molecule has 1 heterocycles. The van der Waals surface area contributed by atoms with Gasteiger partial charge in [0.25, 0.3) is 0 Å². The Balaban J connectivity index is 1.95. The Morgan fingerprint density at radius 2 is 1.30 bits per heavy atom. The van der Waals surface area contributed by atoms with Crippen LogP contribution in [0.1, 0.15) is 29.3 Å². The number of hydrogen-bond donors (Lipinski definition) is 0. The molecule has 0 atom stereocenters. The van der Waals surface area contributed by atoms with Crippen LogP contribution in [0.3, 0.4) is 0 Å². The average Bonchev–Trinajstić information content (AvgIpc) is 3.25. The van der Waals surface area contributed by atoms with E-state index in [-0.39, 0.29) is 0 Å². The van der Waals surface area contributed by atoms with E-state index in [4.69, 9.17) is 17.0 Å². The van der Waals surface area contributed by atoms with Gasteiger partial charge in [0.15, 0.2) is 5.05 Å². The molecule has 30 heavy (non-hydrogen) atoms. The Morgan fingerprint density at radius 1 is 0.833 bits per heavy atom. The molecule has 0 amide bonds. The van der Waals surface area contributed by atoms with Gasteiger partial charge in [0, 0.05) is 6.20 Å². The van der Waals surface area contributed by atoms with Crippen molar-refractivity contribution >= 4 is 17.3 Å². The SMILES string of the molecule is CCOC(=S)Cc1cn(C(c2ccccc2)(c2ccccc2)c2ccccc2)cn1. The van der Waals surface area contributed by atoms with Gasteiger partial charge in [-0.05, 0) is 35.8 Å². The van der Waals surface area contributed by atoms with E-state index in [9.17, 15) is 0 Å². The molecule has 0 saturated heterocycles. The van der Waals surface area contributed by atoms with Gasteiger partial charge in [0.1, 0.15) is 5.54 Å². The van der Waals surface area contributed by atoms with Gasteiger partial charge in [0.05, 0.1) is 25.0 Å². The lowest BCUT2D eigenvalue weighted by Gasteiger charge is -2.37. The van der Waals surface area contributed by atoms with E-state index in [1.165, 1.54) is 16.7 Å². The lowest BCUT2D eigenvalue weighted by atomic mass is 9.77. The molecule has 0 radical (unpaired) electrons. The van der Waals surface area contributed by atoms with Gasteiger partial charge in [-0.25, -0.2) is 4.98 Å². The Bertz CT molecular complexity index is 995. The zero-order valence-electron chi connectivity index (χ0n) is 16.9. The van der Waals surface area contributed by atoms with Crippen LogP contribution in [0.2, 0.25) is 0 Å². The lowest BCUT2D eigenvalue weighted by molar-refractivity contribution is 0.329. The zero-order chi connectivity index (χ0) is 20.8. The van der Waals surface area contributed by atoms with Crippen molar-refractivity contribution < 1.29 is 4.74 Å². The fourth-order valence-electron chi connectivity index (χ4n) is 3.98. The first-order valence-electron chi connectivity index (χ1n) is 10.1. The summed E-state index contributed by atoms with van der Waals surface area (Å²) in [5, 5.41) is 0.562. The molecule has 0 bridgehead atoms. The molecule has 0 N–H and O–H groups in total. The van der Waals surface area contributed by atoms with Crippen LogP contribution in [0.4, 0.5) is 0 Å². The van der Waals surface area contributed by atoms with Crippen molar-refractivity contribution in [2.75, 3.05) is 6.61 Å². The molecule has 4 heteroatoms. The molecule has 1 aromatic heterocycles. The monoisotopic (exact) mass is 412 g/mol. The lowest BCUT2D eigenvalue weighted by Crippen LogP contribution is -2.36. The van der Waals surface area contributed by atoms with E-state index in [1.54, 1.807) is 0 Å². The molecular weight excluding hydrogens is 388 g/mol. The third-order valence-corrected chi connectivity index (χ3v) is 5.49. The van der Waals surface area contributed by atoms with Gasteiger partial charge in [-0.1, -0.05) is 91.0 Å². The predicted octanol–water partition coefficient (Wildman–Crippen LogP) is 5.63. The minimum Gasteiger partial charge on any atom is -0.487 e. The van der Waals surface area contributed by atoms with Gasteiger partial charge < -0.3 is 9.30 Å². The van der Waals surface area contributed by atoms with Gasteiger partial charge in [-0.15, -0.1) is 0 Å². The Hall–Kier alpha value is -3.24. The third kappa shape index (κ3) is 3.79. The standard InChI is InChI=1S/C26H24N2OS/c1-2-29-25(30)18-24-19-28(20-27-24)26(21-12-6-3-7-13-21,22-14-8-4-9-15-22)23-16-10-5-11-17-23/h3-17,19-20H,2,18H2,1H3. The van der Waals surface area contributed by atoms with Crippen LogP contribution < -0.4 is 0 Å². The highest BCUT2D eigenvalue weighted by Crippen LogP contribution is 2.40. The van der Waals surface area contributed by atoms with Crippen molar-refractivity contribution in [1.82, 2.24) is 9.55 Å². The molecule has 0 aliphatic heterocycles. The molecule has 0 aliphatic rings. The highest BCUT2D eigenvalue weighted by molar-refractivity contribution is 7.80. The van der Waals surface area contributed by atoms with Crippen LogP contribution in [-0.2, 0) is 16.7 Å².